The molecule has 1 aromatic carbocycles. The van der Waals surface area contributed by atoms with Crippen molar-refractivity contribution in [1.82, 2.24) is 20.0 Å². The van der Waals surface area contributed by atoms with Crippen LogP contribution in [0.4, 0.5) is 0 Å². The molecule has 2 aliphatic heterocycles. The predicted octanol–water partition coefficient (Wildman–Crippen LogP) is 0.893. The lowest BCUT2D eigenvalue weighted by Crippen LogP contribution is -2.52. The molecule has 2 amide bonds. The second kappa shape index (κ2) is 11.2. The lowest BCUT2D eigenvalue weighted by atomic mass is 9.94. The Morgan fingerprint density at radius 3 is 2.29 bits per heavy atom. The number of hydrogen-bond donors (Lipinski definition) is 1. The van der Waals surface area contributed by atoms with Gasteiger partial charge in [-0.2, -0.15) is 0 Å². The van der Waals surface area contributed by atoms with Crippen LogP contribution in [0.3, 0.4) is 0 Å². The minimum Gasteiger partial charge on any atom is -0.465 e. The van der Waals surface area contributed by atoms with Gasteiger partial charge in [-0.15, -0.1) is 0 Å². The van der Waals surface area contributed by atoms with E-state index in [2.05, 4.69) is 22.2 Å². The number of benzene rings is 1. The van der Waals surface area contributed by atoms with Crippen LogP contribution >= 0.6 is 0 Å². The van der Waals surface area contributed by atoms with Crippen LogP contribution in [0.5, 0.6) is 0 Å². The van der Waals surface area contributed by atoms with E-state index in [-0.39, 0.29) is 30.3 Å². The Bertz CT molecular complexity index is 741. The second-order valence-corrected chi connectivity index (χ2v) is 8.27. The van der Waals surface area contributed by atoms with Crippen LogP contribution in [0, 0.1) is 5.92 Å². The van der Waals surface area contributed by atoms with Crippen molar-refractivity contribution >= 4 is 17.8 Å². The summed E-state index contributed by atoms with van der Waals surface area (Å²) < 4.78 is 4.85. The summed E-state index contributed by atoms with van der Waals surface area (Å²) in [5.74, 6) is -0.640. The van der Waals surface area contributed by atoms with Gasteiger partial charge in [-0.3, -0.25) is 19.3 Å². The molecular weight excluding hydrogens is 396 g/mol. The summed E-state index contributed by atoms with van der Waals surface area (Å²) in [5.41, 5.74) is 1.02. The second-order valence-electron chi connectivity index (χ2n) is 8.27. The van der Waals surface area contributed by atoms with Gasteiger partial charge in [0, 0.05) is 45.2 Å². The van der Waals surface area contributed by atoms with Crippen LogP contribution in [0.2, 0.25) is 0 Å². The van der Waals surface area contributed by atoms with E-state index in [1.54, 1.807) is 6.92 Å². The maximum absolute atomic E-state index is 13.6. The zero-order chi connectivity index (χ0) is 22.2. The lowest BCUT2D eigenvalue weighted by molar-refractivity contribution is -0.144. The highest BCUT2D eigenvalue weighted by molar-refractivity contribution is 5.85. The number of likely N-dealkylation sites (N-methyl/N-ethyl adjacent to an activating group) is 1. The number of piperidine rings is 1. The number of carbonyl (C=O) groups excluding carboxylic acids is 3. The van der Waals surface area contributed by atoms with Crippen molar-refractivity contribution in [3.63, 3.8) is 0 Å². The van der Waals surface area contributed by atoms with Crippen molar-refractivity contribution in [2.45, 2.75) is 25.8 Å². The smallest absolute Gasteiger partial charge is 0.325 e. The number of piperazine rings is 1. The molecule has 2 heterocycles. The fraction of sp³-hybridized carbons (Fsp3) is 0.609. The molecule has 8 heteroatoms. The molecular formula is C23H34N4O4. The summed E-state index contributed by atoms with van der Waals surface area (Å²) in [6.45, 7) is 6.62. The van der Waals surface area contributed by atoms with Crippen molar-refractivity contribution in [2.24, 2.45) is 5.92 Å². The summed E-state index contributed by atoms with van der Waals surface area (Å²) in [6, 6.07) is 9.68. The fourth-order valence-corrected chi connectivity index (χ4v) is 4.28. The molecule has 0 aliphatic carbocycles. The lowest BCUT2D eigenvalue weighted by Gasteiger charge is -2.40. The molecule has 0 spiro atoms. The Morgan fingerprint density at radius 2 is 1.68 bits per heavy atom. The summed E-state index contributed by atoms with van der Waals surface area (Å²) in [7, 11) is 2.11. The van der Waals surface area contributed by atoms with Crippen molar-refractivity contribution in [2.75, 3.05) is 59.5 Å². The SMILES string of the molecule is CCOC(=O)CNC(=O)C1CCN(C(=O)[C@H](c2ccccc2)N2CCN(C)CC2)CC1. The molecule has 8 nitrogen and oxygen atoms in total. The van der Waals surface area contributed by atoms with Crippen molar-refractivity contribution in [1.29, 1.82) is 0 Å². The highest BCUT2D eigenvalue weighted by Gasteiger charge is 2.35. The summed E-state index contributed by atoms with van der Waals surface area (Å²) in [5, 5.41) is 2.66. The minimum atomic E-state index is -0.429. The minimum absolute atomic E-state index is 0.106. The van der Waals surface area contributed by atoms with Gasteiger partial charge in [0.2, 0.25) is 11.8 Å². The van der Waals surface area contributed by atoms with Crippen LogP contribution in [0.1, 0.15) is 31.4 Å². The number of nitrogens with zero attached hydrogens (tertiary/aromatic N) is 3. The number of hydrogen-bond acceptors (Lipinski definition) is 6. The molecule has 3 rings (SSSR count). The Hall–Kier alpha value is -2.45. The molecule has 0 radical (unpaired) electrons. The summed E-state index contributed by atoms with van der Waals surface area (Å²) in [6.07, 6.45) is 1.20. The number of amides is 2. The molecule has 170 valence electrons. The zero-order valence-electron chi connectivity index (χ0n) is 18.6. The molecule has 31 heavy (non-hydrogen) atoms. The molecule has 1 aromatic rings. The third kappa shape index (κ3) is 6.27. The van der Waals surface area contributed by atoms with Gasteiger partial charge in [0.15, 0.2) is 0 Å². The Balaban J connectivity index is 1.59. The van der Waals surface area contributed by atoms with Gasteiger partial charge in [0.05, 0.1) is 6.61 Å². The van der Waals surface area contributed by atoms with Gasteiger partial charge in [-0.05, 0) is 32.4 Å². The van der Waals surface area contributed by atoms with Gasteiger partial charge in [0.25, 0.3) is 0 Å². The van der Waals surface area contributed by atoms with Crippen LogP contribution in [0.15, 0.2) is 30.3 Å². The molecule has 0 unspecified atom stereocenters. The summed E-state index contributed by atoms with van der Waals surface area (Å²) >= 11 is 0. The molecule has 2 aliphatic rings. The molecule has 2 fully saturated rings. The molecule has 1 N–H and O–H groups in total. The van der Waals surface area contributed by atoms with E-state index in [0.717, 1.165) is 31.7 Å². The topological polar surface area (TPSA) is 82.2 Å². The van der Waals surface area contributed by atoms with E-state index in [0.29, 0.717) is 32.5 Å². The Kier molecular flexibility index (Phi) is 8.43. The van der Waals surface area contributed by atoms with E-state index in [1.807, 2.05) is 35.2 Å². The van der Waals surface area contributed by atoms with E-state index >= 15 is 0 Å². The van der Waals surface area contributed by atoms with Crippen molar-refractivity contribution in [3.05, 3.63) is 35.9 Å². The van der Waals surface area contributed by atoms with Gasteiger partial charge >= 0.3 is 5.97 Å². The number of esters is 1. The van der Waals surface area contributed by atoms with Crippen LogP contribution < -0.4 is 5.32 Å². The van der Waals surface area contributed by atoms with Crippen molar-refractivity contribution in [3.8, 4) is 0 Å². The molecule has 1 atom stereocenters. The third-order valence-electron chi connectivity index (χ3n) is 6.14. The first-order chi connectivity index (χ1) is 15.0. The van der Waals surface area contributed by atoms with Crippen molar-refractivity contribution < 1.29 is 19.1 Å². The number of nitrogens with one attached hydrogen (secondary N) is 1. The normalized spacial score (nSPS) is 19.6. The number of carbonyl (C=O) groups is 3. The number of rotatable bonds is 7. The standard InChI is InChI=1S/C23H34N4O4/c1-3-31-20(28)17-24-22(29)19-9-11-27(12-10-19)23(30)21(18-7-5-4-6-8-18)26-15-13-25(2)14-16-26/h4-8,19,21H,3,9-17H2,1-2H3,(H,24,29)/t21-/m0/s1. The van der Waals surface area contributed by atoms with Gasteiger partial charge in [-0.25, -0.2) is 0 Å². The monoisotopic (exact) mass is 430 g/mol. The van der Waals surface area contributed by atoms with Crippen LogP contribution in [-0.2, 0) is 19.1 Å². The fourth-order valence-electron chi connectivity index (χ4n) is 4.28. The van der Waals surface area contributed by atoms with E-state index in [9.17, 15) is 14.4 Å². The largest absolute Gasteiger partial charge is 0.465 e. The molecule has 0 saturated carbocycles. The van der Waals surface area contributed by atoms with E-state index < -0.39 is 5.97 Å². The zero-order valence-corrected chi connectivity index (χ0v) is 18.6. The maximum Gasteiger partial charge on any atom is 0.325 e. The van der Waals surface area contributed by atoms with Gasteiger partial charge < -0.3 is 19.9 Å². The van der Waals surface area contributed by atoms with E-state index in [1.165, 1.54) is 0 Å². The van der Waals surface area contributed by atoms with Crippen LogP contribution in [0.25, 0.3) is 0 Å². The third-order valence-corrected chi connectivity index (χ3v) is 6.14. The Labute approximate surface area is 184 Å². The first kappa shape index (κ1) is 23.2. The quantitative estimate of drug-likeness (QED) is 0.647. The Morgan fingerprint density at radius 1 is 1.03 bits per heavy atom. The first-order valence-corrected chi connectivity index (χ1v) is 11.2. The average Bonchev–Trinajstić information content (AvgIpc) is 2.80. The summed E-state index contributed by atoms with van der Waals surface area (Å²) in [4.78, 5) is 43.8. The number of likely N-dealkylation sites (tertiary alicyclic amines) is 1. The average molecular weight is 431 g/mol. The predicted molar refractivity (Wildman–Crippen MR) is 117 cm³/mol. The maximum atomic E-state index is 13.6. The highest BCUT2D eigenvalue weighted by Crippen LogP contribution is 2.27. The molecule has 0 bridgehead atoms. The molecule has 0 aromatic heterocycles. The van der Waals surface area contributed by atoms with E-state index in [4.69, 9.17) is 4.74 Å². The first-order valence-electron chi connectivity index (χ1n) is 11.2. The van der Waals surface area contributed by atoms with Crippen LogP contribution in [-0.4, -0.2) is 92.0 Å². The van der Waals surface area contributed by atoms with Gasteiger partial charge in [-0.1, -0.05) is 30.3 Å². The highest BCUT2D eigenvalue weighted by atomic mass is 16.5. The number of ether oxygens (including phenoxy) is 1. The molecule has 2 saturated heterocycles. The van der Waals surface area contributed by atoms with Gasteiger partial charge in [0.1, 0.15) is 12.6 Å².